The molecular formula is C21H24ClN3O3. The van der Waals surface area contributed by atoms with Gasteiger partial charge in [-0.1, -0.05) is 12.1 Å². The number of nitrogens with one attached hydrogen (secondary N) is 1. The van der Waals surface area contributed by atoms with Crippen LogP contribution in [0.5, 0.6) is 0 Å². The molecule has 0 spiro atoms. The van der Waals surface area contributed by atoms with Crippen molar-refractivity contribution >= 4 is 41.3 Å². The highest BCUT2D eigenvalue weighted by Crippen LogP contribution is 2.32. The van der Waals surface area contributed by atoms with Crippen molar-refractivity contribution in [3.63, 3.8) is 0 Å². The number of nitrogens with zero attached hydrogens (tertiary/aromatic N) is 1. The minimum atomic E-state index is -0.402. The number of hydrogen-bond donors (Lipinski definition) is 2. The predicted molar refractivity (Wildman–Crippen MR) is 112 cm³/mol. The lowest BCUT2D eigenvalue weighted by Gasteiger charge is -2.30. The first-order valence-electron chi connectivity index (χ1n) is 9.35. The number of carbonyl (C=O) groups is 2. The van der Waals surface area contributed by atoms with E-state index in [9.17, 15) is 9.59 Å². The minimum absolute atomic E-state index is 0. The molecule has 7 heteroatoms. The lowest BCUT2D eigenvalue weighted by molar-refractivity contribution is -0.124. The second-order valence-electron chi connectivity index (χ2n) is 6.98. The summed E-state index contributed by atoms with van der Waals surface area (Å²) in [6, 6.07) is 12.7. The summed E-state index contributed by atoms with van der Waals surface area (Å²) in [5.74, 6) is -0.247. The van der Waals surface area contributed by atoms with Gasteiger partial charge in [0, 0.05) is 35.8 Å². The van der Waals surface area contributed by atoms with Gasteiger partial charge in [-0.05, 0) is 61.6 Å². The zero-order valence-corrected chi connectivity index (χ0v) is 16.3. The van der Waals surface area contributed by atoms with Crippen molar-refractivity contribution in [2.45, 2.75) is 31.8 Å². The maximum atomic E-state index is 13.1. The number of halogens is 1. The van der Waals surface area contributed by atoms with Gasteiger partial charge in [0.2, 0.25) is 0 Å². The number of nitrogen functional groups attached to an aromatic ring is 1. The van der Waals surface area contributed by atoms with Crippen LogP contribution in [0.2, 0.25) is 0 Å². The molecule has 0 aliphatic carbocycles. The Morgan fingerprint density at radius 1 is 1.14 bits per heavy atom. The number of ether oxygens (including phenoxy) is 1. The smallest absolute Gasteiger partial charge is 0.258 e. The summed E-state index contributed by atoms with van der Waals surface area (Å²) >= 11 is 0. The van der Waals surface area contributed by atoms with Crippen molar-refractivity contribution in [3.05, 3.63) is 53.6 Å². The Morgan fingerprint density at radius 2 is 1.96 bits per heavy atom. The third kappa shape index (κ3) is 3.98. The van der Waals surface area contributed by atoms with E-state index in [0.717, 1.165) is 42.6 Å². The lowest BCUT2D eigenvalue weighted by Crippen LogP contribution is -2.35. The third-order valence-electron chi connectivity index (χ3n) is 5.13. The molecule has 2 aliphatic heterocycles. The highest BCUT2D eigenvalue weighted by atomic mass is 35.5. The van der Waals surface area contributed by atoms with Gasteiger partial charge >= 0.3 is 0 Å². The van der Waals surface area contributed by atoms with Gasteiger partial charge in [0.25, 0.3) is 11.8 Å². The minimum Gasteiger partial charge on any atom is -0.398 e. The monoisotopic (exact) mass is 401 g/mol. The van der Waals surface area contributed by atoms with Gasteiger partial charge in [0.1, 0.15) is 6.10 Å². The SMILES string of the molecule is Cl.Nc1cccc2c1CCCN2C(=O)c1cccc(NC(=O)C2CCCO2)c1. The van der Waals surface area contributed by atoms with Crippen molar-refractivity contribution in [3.8, 4) is 0 Å². The maximum absolute atomic E-state index is 13.1. The van der Waals surface area contributed by atoms with Gasteiger partial charge < -0.3 is 20.7 Å². The zero-order valence-electron chi connectivity index (χ0n) is 15.5. The Bertz CT molecular complexity index is 881. The molecule has 2 aromatic carbocycles. The fraction of sp³-hybridized carbons (Fsp3) is 0.333. The highest BCUT2D eigenvalue weighted by molar-refractivity contribution is 6.08. The second kappa shape index (κ2) is 8.63. The molecule has 1 unspecified atom stereocenters. The van der Waals surface area contributed by atoms with Crippen LogP contribution in [0.4, 0.5) is 17.1 Å². The molecule has 28 heavy (non-hydrogen) atoms. The number of fused-ring (bicyclic) bond motifs is 1. The van der Waals surface area contributed by atoms with Gasteiger partial charge in [-0.15, -0.1) is 12.4 Å². The van der Waals surface area contributed by atoms with E-state index in [-0.39, 0.29) is 24.2 Å². The molecule has 1 fully saturated rings. The molecule has 0 radical (unpaired) electrons. The Hall–Kier alpha value is -2.57. The van der Waals surface area contributed by atoms with Crippen molar-refractivity contribution in [1.82, 2.24) is 0 Å². The summed E-state index contributed by atoms with van der Waals surface area (Å²) in [6.07, 6.45) is 2.98. The molecule has 1 atom stereocenters. The van der Waals surface area contributed by atoms with E-state index in [1.165, 1.54) is 0 Å². The number of rotatable bonds is 3. The molecular weight excluding hydrogens is 378 g/mol. The summed E-state index contributed by atoms with van der Waals surface area (Å²) in [5, 5.41) is 2.86. The molecule has 0 bridgehead atoms. The van der Waals surface area contributed by atoms with E-state index in [1.54, 1.807) is 29.2 Å². The Morgan fingerprint density at radius 3 is 2.75 bits per heavy atom. The summed E-state index contributed by atoms with van der Waals surface area (Å²) < 4.78 is 5.41. The van der Waals surface area contributed by atoms with Crippen LogP contribution in [0.3, 0.4) is 0 Å². The fourth-order valence-electron chi connectivity index (χ4n) is 3.76. The molecule has 2 aliphatic rings. The van der Waals surface area contributed by atoms with Crippen LogP contribution in [0.25, 0.3) is 0 Å². The van der Waals surface area contributed by atoms with Crippen molar-refractivity contribution in [1.29, 1.82) is 0 Å². The fourth-order valence-corrected chi connectivity index (χ4v) is 3.76. The Labute approximate surface area is 170 Å². The van der Waals surface area contributed by atoms with Crippen LogP contribution in [-0.4, -0.2) is 31.1 Å². The lowest BCUT2D eigenvalue weighted by atomic mass is 9.99. The molecule has 3 N–H and O–H groups in total. The summed E-state index contributed by atoms with van der Waals surface area (Å²) in [7, 11) is 0. The van der Waals surface area contributed by atoms with E-state index in [0.29, 0.717) is 24.4 Å². The van der Waals surface area contributed by atoms with Crippen LogP contribution in [0, 0.1) is 0 Å². The normalized spacial score (nSPS) is 18.1. The number of nitrogens with two attached hydrogens (primary N) is 1. The third-order valence-corrected chi connectivity index (χ3v) is 5.13. The summed E-state index contributed by atoms with van der Waals surface area (Å²) in [6.45, 7) is 1.27. The largest absolute Gasteiger partial charge is 0.398 e. The summed E-state index contributed by atoms with van der Waals surface area (Å²) in [4.78, 5) is 27.1. The molecule has 0 saturated carbocycles. The number of anilines is 3. The van der Waals surface area contributed by atoms with Crippen LogP contribution in [0.1, 0.15) is 35.2 Å². The molecule has 2 heterocycles. The van der Waals surface area contributed by atoms with Crippen molar-refractivity contribution < 1.29 is 14.3 Å². The van der Waals surface area contributed by atoms with Crippen molar-refractivity contribution in [2.24, 2.45) is 0 Å². The summed E-state index contributed by atoms with van der Waals surface area (Å²) in [5.41, 5.74) is 9.85. The molecule has 6 nitrogen and oxygen atoms in total. The van der Waals surface area contributed by atoms with E-state index in [4.69, 9.17) is 10.5 Å². The second-order valence-corrected chi connectivity index (χ2v) is 6.98. The van der Waals surface area contributed by atoms with Crippen LogP contribution >= 0.6 is 12.4 Å². The van der Waals surface area contributed by atoms with E-state index in [2.05, 4.69) is 5.32 Å². The Balaban J connectivity index is 0.00000225. The standard InChI is InChI=1S/C21H23N3O3.ClH/c22-17-8-2-9-18-16(17)7-3-11-24(18)21(26)14-5-1-6-15(13-14)23-20(25)19-10-4-12-27-19;/h1-2,5-6,8-9,13,19H,3-4,7,10-12,22H2,(H,23,25);1H. The van der Waals surface area contributed by atoms with E-state index < -0.39 is 6.10 Å². The average molecular weight is 402 g/mol. The predicted octanol–water partition coefficient (Wildman–Crippen LogP) is 3.40. The van der Waals surface area contributed by atoms with E-state index >= 15 is 0 Å². The van der Waals surface area contributed by atoms with Gasteiger partial charge in [0.15, 0.2) is 0 Å². The van der Waals surface area contributed by atoms with Gasteiger partial charge in [-0.3, -0.25) is 9.59 Å². The first-order chi connectivity index (χ1) is 13.1. The van der Waals surface area contributed by atoms with Gasteiger partial charge in [-0.25, -0.2) is 0 Å². The first kappa shape index (κ1) is 20.2. The van der Waals surface area contributed by atoms with E-state index in [1.807, 2.05) is 18.2 Å². The molecule has 4 rings (SSSR count). The molecule has 2 amide bonds. The highest BCUT2D eigenvalue weighted by Gasteiger charge is 2.26. The molecule has 0 aromatic heterocycles. The number of carbonyl (C=O) groups excluding carboxylic acids is 2. The van der Waals surface area contributed by atoms with Crippen LogP contribution in [-0.2, 0) is 16.0 Å². The quantitative estimate of drug-likeness (QED) is 0.772. The van der Waals surface area contributed by atoms with Crippen LogP contribution < -0.4 is 16.0 Å². The average Bonchev–Trinajstić information content (AvgIpc) is 3.23. The van der Waals surface area contributed by atoms with Crippen LogP contribution in [0.15, 0.2) is 42.5 Å². The number of benzene rings is 2. The Kier molecular flexibility index (Phi) is 6.21. The topological polar surface area (TPSA) is 84.7 Å². The molecule has 2 aromatic rings. The van der Waals surface area contributed by atoms with Gasteiger partial charge in [-0.2, -0.15) is 0 Å². The first-order valence-corrected chi connectivity index (χ1v) is 9.35. The van der Waals surface area contributed by atoms with Gasteiger partial charge in [0.05, 0.1) is 0 Å². The zero-order chi connectivity index (χ0) is 18.8. The van der Waals surface area contributed by atoms with Crippen molar-refractivity contribution in [2.75, 3.05) is 29.1 Å². The number of hydrogen-bond acceptors (Lipinski definition) is 4. The molecule has 1 saturated heterocycles. The number of amides is 2. The maximum Gasteiger partial charge on any atom is 0.258 e. The molecule has 148 valence electrons.